The predicted octanol–water partition coefficient (Wildman–Crippen LogP) is 4.11. The first-order valence-corrected chi connectivity index (χ1v) is 10.9. The number of halogens is 2. The summed E-state index contributed by atoms with van der Waals surface area (Å²) in [4.78, 5) is 28.9. The first kappa shape index (κ1) is 21.4. The minimum absolute atomic E-state index is 0.0438. The maximum absolute atomic E-state index is 13.4. The van der Waals surface area contributed by atoms with E-state index in [1.807, 2.05) is 17.0 Å². The van der Waals surface area contributed by atoms with Crippen molar-refractivity contribution in [1.29, 1.82) is 0 Å². The van der Waals surface area contributed by atoms with Crippen LogP contribution in [0.1, 0.15) is 6.92 Å². The third-order valence-corrected chi connectivity index (χ3v) is 5.87. The molecule has 160 valence electrons. The van der Waals surface area contributed by atoms with Crippen LogP contribution in [0, 0.1) is 0 Å². The van der Waals surface area contributed by atoms with E-state index < -0.39 is 0 Å². The van der Waals surface area contributed by atoms with Crippen LogP contribution in [0.25, 0.3) is 5.69 Å². The van der Waals surface area contributed by atoms with Gasteiger partial charge in [-0.1, -0.05) is 27.5 Å². The van der Waals surface area contributed by atoms with Gasteiger partial charge in [-0.2, -0.15) is 9.78 Å². The molecule has 0 N–H and O–H groups in total. The lowest BCUT2D eigenvalue weighted by Gasteiger charge is -2.35. The maximum Gasteiger partial charge on any atom is 0.316 e. The summed E-state index contributed by atoms with van der Waals surface area (Å²) in [6.45, 7) is 3.89. The third-order valence-electron chi connectivity index (χ3n) is 5.09. The normalized spacial score (nSPS) is 13.9. The fraction of sp³-hybridized carbons (Fsp3) is 0.227. The van der Waals surface area contributed by atoms with Crippen LogP contribution in [-0.2, 0) is 4.79 Å². The van der Waals surface area contributed by atoms with Crippen LogP contribution in [0.3, 0.4) is 0 Å². The zero-order valence-electron chi connectivity index (χ0n) is 16.8. The molecule has 7 nitrogen and oxygen atoms in total. The summed E-state index contributed by atoms with van der Waals surface area (Å²) in [6, 6.07) is 14.1. The molecule has 9 heteroatoms. The molecule has 2 heterocycles. The maximum atomic E-state index is 13.4. The average molecular weight is 504 g/mol. The number of anilines is 1. The van der Waals surface area contributed by atoms with Crippen LogP contribution in [0.15, 0.2) is 64.0 Å². The van der Waals surface area contributed by atoms with Crippen LogP contribution in [0.2, 0.25) is 5.02 Å². The fourth-order valence-electron chi connectivity index (χ4n) is 3.40. The topological polar surface area (TPSA) is 67.7 Å². The van der Waals surface area contributed by atoms with Gasteiger partial charge in [-0.25, -0.2) is 0 Å². The lowest BCUT2D eigenvalue weighted by molar-refractivity contribution is -0.129. The SMILES string of the molecule is CC(=O)N1CCN(c2cnn(-c3ccc(Cl)cc3)c(=O)c2Oc2ccc(Br)cc2)CC1. The highest BCUT2D eigenvalue weighted by molar-refractivity contribution is 9.10. The average Bonchev–Trinajstić information content (AvgIpc) is 2.77. The number of ether oxygens (including phenoxy) is 1. The van der Waals surface area contributed by atoms with Crippen LogP contribution < -0.4 is 15.2 Å². The quantitative estimate of drug-likeness (QED) is 0.536. The molecule has 4 rings (SSSR count). The van der Waals surface area contributed by atoms with Crippen molar-refractivity contribution in [2.24, 2.45) is 0 Å². The summed E-state index contributed by atoms with van der Waals surface area (Å²) in [5, 5.41) is 4.95. The van der Waals surface area contributed by atoms with E-state index in [1.165, 1.54) is 4.68 Å². The Morgan fingerprint density at radius 1 is 1.03 bits per heavy atom. The van der Waals surface area contributed by atoms with Gasteiger partial charge in [-0.05, 0) is 48.5 Å². The Bertz CT molecular complexity index is 1140. The highest BCUT2D eigenvalue weighted by Crippen LogP contribution is 2.30. The number of hydrogen-bond donors (Lipinski definition) is 0. The minimum Gasteiger partial charge on any atom is -0.449 e. The van der Waals surface area contributed by atoms with Crippen molar-refractivity contribution in [3.63, 3.8) is 0 Å². The number of piperazine rings is 1. The Balaban J connectivity index is 1.74. The highest BCUT2D eigenvalue weighted by atomic mass is 79.9. The van der Waals surface area contributed by atoms with Crippen molar-refractivity contribution < 1.29 is 9.53 Å². The van der Waals surface area contributed by atoms with Gasteiger partial charge in [0.25, 0.3) is 0 Å². The van der Waals surface area contributed by atoms with Crippen molar-refractivity contribution in [3.8, 4) is 17.2 Å². The Labute approximate surface area is 192 Å². The molecular weight excluding hydrogens is 484 g/mol. The van der Waals surface area contributed by atoms with Crippen LogP contribution in [-0.4, -0.2) is 46.8 Å². The molecule has 1 aliphatic rings. The molecule has 1 fully saturated rings. The summed E-state index contributed by atoms with van der Waals surface area (Å²) in [5.74, 6) is 0.767. The second-order valence-electron chi connectivity index (χ2n) is 7.10. The standard InChI is InChI=1S/C22H20BrClN4O3/c1-15(29)26-10-12-27(13-11-26)20-14-25-28(18-6-4-17(24)5-7-18)22(30)21(20)31-19-8-2-16(23)3-9-19/h2-9,14H,10-13H2,1H3. The van der Waals surface area contributed by atoms with Gasteiger partial charge < -0.3 is 14.5 Å². The third kappa shape index (κ3) is 4.75. The number of nitrogens with zero attached hydrogens (tertiary/aromatic N) is 4. The van der Waals surface area contributed by atoms with E-state index in [0.717, 1.165) is 4.47 Å². The lowest BCUT2D eigenvalue weighted by Crippen LogP contribution is -2.48. The van der Waals surface area contributed by atoms with Gasteiger partial charge >= 0.3 is 5.56 Å². The van der Waals surface area contributed by atoms with Crippen molar-refractivity contribution in [2.45, 2.75) is 6.92 Å². The molecule has 1 aromatic heterocycles. The summed E-state index contributed by atoms with van der Waals surface area (Å²) >= 11 is 9.39. The molecular formula is C22H20BrClN4O3. The van der Waals surface area contributed by atoms with Gasteiger partial charge in [0.15, 0.2) is 0 Å². The van der Waals surface area contributed by atoms with E-state index in [1.54, 1.807) is 54.4 Å². The van der Waals surface area contributed by atoms with Crippen LogP contribution in [0.4, 0.5) is 5.69 Å². The number of aromatic nitrogens is 2. The van der Waals surface area contributed by atoms with E-state index in [9.17, 15) is 9.59 Å². The van der Waals surface area contributed by atoms with Gasteiger partial charge in [0, 0.05) is 42.6 Å². The fourth-order valence-corrected chi connectivity index (χ4v) is 3.79. The molecule has 1 aliphatic heterocycles. The lowest BCUT2D eigenvalue weighted by atomic mass is 10.2. The number of carbonyl (C=O) groups excluding carboxylic acids is 1. The van der Waals surface area contributed by atoms with E-state index in [4.69, 9.17) is 16.3 Å². The van der Waals surface area contributed by atoms with Gasteiger partial charge in [0.2, 0.25) is 11.7 Å². The highest BCUT2D eigenvalue weighted by Gasteiger charge is 2.24. The van der Waals surface area contributed by atoms with Gasteiger partial charge in [-0.3, -0.25) is 9.59 Å². The van der Waals surface area contributed by atoms with Crippen LogP contribution >= 0.6 is 27.5 Å². The number of hydrogen-bond acceptors (Lipinski definition) is 5. The van der Waals surface area contributed by atoms with Gasteiger partial charge in [0.1, 0.15) is 11.4 Å². The van der Waals surface area contributed by atoms with Crippen molar-refractivity contribution >= 4 is 39.1 Å². The summed E-state index contributed by atoms with van der Waals surface area (Å²) in [5.41, 5.74) is 0.807. The Kier molecular flexibility index (Phi) is 6.29. The Hall–Kier alpha value is -2.84. The number of rotatable bonds is 4. The zero-order chi connectivity index (χ0) is 22.0. The molecule has 2 aromatic carbocycles. The van der Waals surface area contributed by atoms with Gasteiger partial charge in [-0.15, -0.1) is 0 Å². The van der Waals surface area contributed by atoms with E-state index in [2.05, 4.69) is 21.0 Å². The molecule has 31 heavy (non-hydrogen) atoms. The van der Waals surface area contributed by atoms with Crippen molar-refractivity contribution in [3.05, 3.63) is 74.6 Å². The van der Waals surface area contributed by atoms with E-state index in [0.29, 0.717) is 48.3 Å². The molecule has 0 unspecified atom stereocenters. The monoisotopic (exact) mass is 502 g/mol. The number of carbonyl (C=O) groups is 1. The second-order valence-corrected chi connectivity index (χ2v) is 8.45. The second kappa shape index (κ2) is 9.11. The predicted molar refractivity (Wildman–Crippen MR) is 124 cm³/mol. The van der Waals surface area contributed by atoms with Gasteiger partial charge in [0.05, 0.1) is 11.9 Å². The first-order chi connectivity index (χ1) is 14.9. The molecule has 1 saturated heterocycles. The van der Waals surface area contributed by atoms with Crippen LogP contribution in [0.5, 0.6) is 11.5 Å². The molecule has 0 atom stereocenters. The summed E-state index contributed by atoms with van der Waals surface area (Å²) in [7, 11) is 0. The molecule has 0 saturated carbocycles. The molecule has 0 aliphatic carbocycles. The Morgan fingerprint density at radius 3 is 2.29 bits per heavy atom. The molecule has 0 bridgehead atoms. The molecule has 1 amide bonds. The summed E-state index contributed by atoms with van der Waals surface area (Å²) in [6.07, 6.45) is 1.63. The largest absolute Gasteiger partial charge is 0.449 e. The summed E-state index contributed by atoms with van der Waals surface area (Å²) < 4.78 is 8.27. The van der Waals surface area contributed by atoms with Crippen molar-refractivity contribution in [2.75, 3.05) is 31.1 Å². The minimum atomic E-state index is -0.378. The first-order valence-electron chi connectivity index (χ1n) is 9.74. The van der Waals surface area contributed by atoms with E-state index in [-0.39, 0.29) is 17.2 Å². The molecule has 0 spiro atoms. The number of amides is 1. The number of benzene rings is 2. The smallest absolute Gasteiger partial charge is 0.316 e. The Morgan fingerprint density at radius 2 is 1.68 bits per heavy atom. The molecule has 3 aromatic rings. The van der Waals surface area contributed by atoms with Crippen molar-refractivity contribution in [1.82, 2.24) is 14.7 Å². The molecule has 0 radical (unpaired) electrons. The van der Waals surface area contributed by atoms with E-state index >= 15 is 0 Å². The zero-order valence-corrected chi connectivity index (χ0v) is 19.1.